The van der Waals surface area contributed by atoms with Crippen LogP contribution in [-0.4, -0.2) is 0 Å². The SMILES string of the molecule is CCCCCCCCCCCCCCCCCCCCC(C)CCCC(C)CCCC(C)CCCC(C)CC. The van der Waals surface area contributed by atoms with Crippen molar-refractivity contribution in [3.05, 3.63) is 0 Å². The highest BCUT2D eigenvalue weighted by Gasteiger charge is 2.08. The highest BCUT2D eigenvalue weighted by atomic mass is 14.1. The standard InChI is InChI=1S/C39H80/c1-7-9-10-11-12-13-14-15-16-17-18-19-20-21-22-23-24-25-29-37(4)32-27-33-39(6)35-28-34-38(5)31-26-30-36(3)8-2/h36-39H,7-35H2,1-6H3. The molecule has 0 spiro atoms. The van der Waals surface area contributed by atoms with Crippen molar-refractivity contribution < 1.29 is 0 Å². The molecule has 0 aliphatic carbocycles. The monoisotopic (exact) mass is 549 g/mol. The smallest absolute Gasteiger partial charge is 0.0443 e. The van der Waals surface area contributed by atoms with Crippen LogP contribution in [0.15, 0.2) is 0 Å². The van der Waals surface area contributed by atoms with Crippen molar-refractivity contribution in [3.8, 4) is 0 Å². The predicted octanol–water partition coefficient (Wildman–Crippen LogP) is 14.9. The lowest BCUT2D eigenvalue weighted by atomic mass is 9.90. The highest BCUT2D eigenvalue weighted by molar-refractivity contribution is 4.62. The quantitative estimate of drug-likeness (QED) is 0.0733. The first-order valence-electron chi connectivity index (χ1n) is 19.0. The van der Waals surface area contributed by atoms with Gasteiger partial charge in [-0.25, -0.2) is 0 Å². The summed E-state index contributed by atoms with van der Waals surface area (Å²) in [5, 5.41) is 0. The fourth-order valence-electron chi connectivity index (χ4n) is 6.48. The minimum absolute atomic E-state index is 0.929. The van der Waals surface area contributed by atoms with E-state index in [2.05, 4.69) is 41.5 Å². The maximum absolute atomic E-state index is 2.51. The molecule has 4 atom stereocenters. The van der Waals surface area contributed by atoms with Crippen molar-refractivity contribution in [1.29, 1.82) is 0 Å². The second-order valence-corrected chi connectivity index (χ2v) is 14.4. The van der Waals surface area contributed by atoms with E-state index in [1.165, 1.54) is 186 Å². The molecule has 0 aromatic heterocycles. The van der Waals surface area contributed by atoms with Gasteiger partial charge < -0.3 is 0 Å². The van der Waals surface area contributed by atoms with Gasteiger partial charge in [-0.3, -0.25) is 0 Å². The molecule has 39 heavy (non-hydrogen) atoms. The molecular weight excluding hydrogens is 468 g/mol. The van der Waals surface area contributed by atoms with Crippen molar-refractivity contribution in [2.45, 2.75) is 228 Å². The molecule has 0 amide bonds. The molecule has 0 rings (SSSR count). The van der Waals surface area contributed by atoms with Gasteiger partial charge in [-0.15, -0.1) is 0 Å². The van der Waals surface area contributed by atoms with Crippen LogP contribution in [0.5, 0.6) is 0 Å². The number of hydrogen-bond acceptors (Lipinski definition) is 0. The summed E-state index contributed by atoms with van der Waals surface area (Å²) in [4.78, 5) is 0. The average molecular weight is 549 g/mol. The Kier molecular flexibility index (Phi) is 30.9. The van der Waals surface area contributed by atoms with Crippen LogP contribution >= 0.6 is 0 Å². The summed E-state index contributed by atoms with van der Waals surface area (Å²) in [6.45, 7) is 14.6. The largest absolute Gasteiger partial charge is 0.0654 e. The Bertz CT molecular complexity index is 439. The highest BCUT2D eigenvalue weighted by Crippen LogP contribution is 2.24. The maximum Gasteiger partial charge on any atom is -0.0443 e. The van der Waals surface area contributed by atoms with Gasteiger partial charge in [-0.2, -0.15) is 0 Å². The molecule has 0 saturated carbocycles. The Morgan fingerprint density at radius 2 is 0.487 bits per heavy atom. The zero-order valence-corrected chi connectivity index (χ0v) is 28.8. The zero-order valence-electron chi connectivity index (χ0n) is 28.8. The first kappa shape index (κ1) is 39.0. The van der Waals surface area contributed by atoms with Crippen LogP contribution in [0.2, 0.25) is 0 Å². The second kappa shape index (κ2) is 30.9. The Labute approximate surface area is 251 Å². The van der Waals surface area contributed by atoms with Crippen molar-refractivity contribution in [2.75, 3.05) is 0 Å². The zero-order chi connectivity index (χ0) is 28.8. The minimum atomic E-state index is 0.929. The Hall–Kier alpha value is 0. The molecule has 0 nitrogen and oxygen atoms in total. The lowest BCUT2D eigenvalue weighted by Crippen LogP contribution is -2.02. The third-order valence-electron chi connectivity index (χ3n) is 9.93. The van der Waals surface area contributed by atoms with Gasteiger partial charge in [0.25, 0.3) is 0 Å². The molecule has 4 unspecified atom stereocenters. The molecule has 0 heterocycles. The van der Waals surface area contributed by atoms with E-state index in [1.54, 1.807) is 0 Å². The molecule has 0 aromatic carbocycles. The van der Waals surface area contributed by atoms with E-state index in [-0.39, 0.29) is 0 Å². The first-order valence-corrected chi connectivity index (χ1v) is 19.0. The average Bonchev–Trinajstić information content (AvgIpc) is 2.92. The maximum atomic E-state index is 2.51. The molecule has 0 fully saturated rings. The van der Waals surface area contributed by atoms with Crippen molar-refractivity contribution in [2.24, 2.45) is 23.7 Å². The number of rotatable bonds is 32. The third kappa shape index (κ3) is 30.8. The fourth-order valence-corrected chi connectivity index (χ4v) is 6.48. The summed E-state index contributed by atoms with van der Waals surface area (Å²) in [7, 11) is 0. The van der Waals surface area contributed by atoms with Crippen LogP contribution in [0.3, 0.4) is 0 Å². The van der Waals surface area contributed by atoms with E-state index in [0.717, 1.165) is 23.7 Å². The van der Waals surface area contributed by atoms with E-state index >= 15 is 0 Å². The van der Waals surface area contributed by atoms with Crippen LogP contribution < -0.4 is 0 Å². The van der Waals surface area contributed by atoms with E-state index < -0.39 is 0 Å². The molecule has 0 aliphatic rings. The van der Waals surface area contributed by atoms with Gasteiger partial charge in [0.1, 0.15) is 0 Å². The summed E-state index contributed by atoms with van der Waals surface area (Å²) in [5.74, 6) is 3.76. The second-order valence-electron chi connectivity index (χ2n) is 14.4. The molecule has 0 bridgehead atoms. The third-order valence-corrected chi connectivity index (χ3v) is 9.93. The van der Waals surface area contributed by atoms with Gasteiger partial charge in [0.15, 0.2) is 0 Å². The summed E-state index contributed by atoms with van der Waals surface area (Å²) in [5.41, 5.74) is 0. The topological polar surface area (TPSA) is 0 Å². The lowest BCUT2D eigenvalue weighted by Gasteiger charge is -2.16. The van der Waals surface area contributed by atoms with Crippen molar-refractivity contribution in [1.82, 2.24) is 0 Å². The molecule has 0 N–H and O–H groups in total. The molecule has 236 valence electrons. The van der Waals surface area contributed by atoms with Crippen LogP contribution in [0.25, 0.3) is 0 Å². The van der Waals surface area contributed by atoms with Crippen LogP contribution in [0, 0.1) is 23.7 Å². The molecule has 0 aromatic rings. The van der Waals surface area contributed by atoms with Crippen LogP contribution in [-0.2, 0) is 0 Å². The fraction of sp³-hybridized carbons (Fsp3) is 1.00. The molecule has 0 radical (unpaired) electrons. The van der Waals surface area contributed by atoms with Gasteiger partial charge in [-0.05, 0) is 23.7 Å². The number of hydrogen-bond donors (Lipinski definition) is 0. The van der Waals surface area contributed by atoms with E-state index in [4.69, 9.17) is 0 Å². The van der Waals surface area contributed by atoms with Gasteiger partial charge in [-0.1, -0.05) is 228 Å². The van der Waals surface area contributed by atoms with Gasteiger partial charge in [0, 0.05) is 0 Å². The van der Waals surface area contributed by atoms with Gasteiger partial charge in [0.2, 0.25) is 0 Å². The van der Waals surface area contributed by atoms with Crippen molar-refractivity contribution >= 4 is 0 Å². The lowest BCUT2D eigenvalue weighted by molar-refractivity contribution is 0.368. The van der Waals surface area contributed by atoms with Crippen molar-refractivity contribution in [3.63, 3.8) is 0 Å². The van der Waals surface area contributed by atoms with Gasteiger partial charge in [0.05, 0.1) is 0 Å². The van der Waals surface area contributed by atoms with Crippen LogP contribution in [0.4, 0.5) is 0 Å². The molecule has 0 heteroatoms. The normalized spacial score (nSPS) is 14.9. The van der Waals surface area contributed by atoms with Crippen LogP contribution in [0.1, 0.15) is 228 Å². The summed E-state index contributed by atoms with van der Waals surface area (Å²) in [6.07, 6.45) is 42.5. The summed E-state index contributed by atoms with van der Waals surface area (Å²) < 4.78 is 0. The van der Waals surface area contributed by atoms with E-state index in [1.807, 2.05) is 0 Å². The predicted molar refractivity (Wildman–Crippen MR) is 182 cm³/mol. The Morgan fingerprint density at radius 1 is 0.256 bits per heavy atom. The van der Waals surface area contributed by atoms with E-state index in [0.29, 0.717) is 0 Å². The van der Waals surface area contributed by atoms with Gasteiger partial charge >= 0.3 is 0 Å². The Balaban J connectivity index is 3.33. The summed E-state index contributed by atoms with van der Waals surface area (Å²) >= 11 is 0. The molecular formula is C39H80. The Morgan fingerprint density at radius 3 is 0.769 bits per heavy atom. The first-order chi connectivity index (χ1) is 19.0. The summed E-state index contributed by atoms with van der Waals surface area (Å²) in [6, 6.07) is 0. The molecule has 0 aliphatic heterocycles. The van der Waals surface area contributed by atoms with E-state index in [9.17, 15) is 0 Å². The number of unbranched alkanes of at least 4 members (excludes halogenated alkanes) is 17. The minimum Gasteiger partial charge on any atom is -0.0654 e. The molecule has 0 saturated heterocycles.